The maximum Gasteiger partial charge on any atom is 0.254 e. The second-order valence-electron chi connectivity index (χ2n) is 7.50. The summed E-state index contributed by atoms with van der Waals surface area (Å²) in [6, 6.07) is 5.32. The summed E-state index contributed by atoms with van der Waals surface area (Å²) in [5.41, 5.74) is 2.16. The summed E-state index contributed by atoms with van der Waals surface area (Å²) in [6.45, 7) is 1.94. The van der Waals surface area contributed by atoms with Crippen molar-refractivity contribution in [2.24, 2.45) is 5.92 Å². The first kappa shape index (κ1) is 18.4. The Labute approximate surface area is 158 Å². The first-order chi connectivity index (χ1) is 12.9. The number of aliphatic hydroxyl groups is 1. The van der Waals surface area contributed by atoms with Crippen LogP contribution >= 0.6 is 0 Å². The molecule has 2 bridgehead atoms. The fourth-order valence-corrected chi connectivity index (χ4v) is 5.13. The summed E-state index contributed by atoms with van der Waals surface area (Å²) in [7, 11) is -3.26. The largest absolute Gasteiger partial charge is 0.395 e. The number of piperidine rings is 1. The minimum atomic E-state index is -3.26. The van der Waals surface area contributed by atoms with E-state index in [4.69, 9.17) is 5.11 Å². The van der Waals surface area contributed by atoms with Crippen LogP contribution in [0.15, 0.2) is 24.5 Å². The summed E-state index contributed by atoms with van der Waals surface area (Å²) >= 11 is 0. The van der Waals surface area contributed by atoms with E-state index in [1.54, 1.807) is 18.5 Å². The van der Waals surface area contributed by atoms with E-state index in [1.165, 1.54) is 10.6 Å². The maximum atomic E-state index is 13.2. The second-order valence-corrected chi connectivity index (χ2v) is 9.48. The Bertz CT molecular complexity index is 971. The molecule has 3 aliphatic heterocycles. The van der Waals surface area contributed by atoms with Gasteiger partial charge in [-0.2, -0.15) is 4.31 Å². The Balaban J connectivity index is 1.60. The fraction of sp³-hybridized carbons (Fsp3) is 0.556. The molecule has 146 valence electrons. The molecule has 0 radical (unpaired) electrons. The first-order valence-corrected chi connectivity index (χ1v) is 11.0. The number of fused-ring (bicyclic) bond motifs is 5. The number of aliphatic hydroxyl groups excluding tert-OH is 1. The molecule has 0 spiro atoms. The molecule has 3 saturated heterocycles. The number of aromatic nitrogens is 2. The van der Waals surface area contributed by atoms with E-state index < -0.39 is 10.0 Å². The van der Waals surface area contributed by atoms with Crippen molar-refractivity contribution >= 4 is 27.0 Å². The minimum absolute atomic E-state index is 0.0276. The number of nitrogens with zero attached hydrogens (tertiary/aromatic N) is 4. The van der Waals surface area contributed by atoms with Gasteiger partial charge in [0.1, 0.15) is 0 Å². The number of amides is 1. The fourth-order valence-electron chi connectivity index (χ4n) is 4.21. The number of rotatable bonds is 4. The lowest BCUT2D eigenvalue weighted by Gasteiger charge is -2.36. The van der Waals surface area contributed by atoms with Gasteiger partial charge in [0.2, 0.25) is 10.0 Å². The predicted molar refractivity (Wildman–Crippen MR) is 101 cm³/mol. The van der Waals surface area contributed by atoms with Gasteiger partial charge in [-0.25, -0.2) is 13.4 Å². The van der Waals surface area contributed by atoms with Gasteiger partial charge in [-0.15, -0.1) is 0 Å². The van der Waals surface area contributed by atoms with Crippen molar-refractivity contribution in [3.8, 4) is 0 Å². The van der Waals surface area contributed by atoms with E-state index in [0.29, 0.717) is 37.3 Å². The molecule has 3 aliphatic rings. The number of carbonyl (C=O) groups is 1. The lowest BCUT2D eigenvalue weighted by molar-refractivity contribution is 0.0589. The van der Waals surface area contributed by atoms with Crippen LogP contribution in [0, 0.1) is 5.92 Å². The zero-order chi connectivity index (χ0) is 19.2. The van der Waals surface area contributed by atoms with Crippen molar-refractivity contribution in [2.45, 2.75) is 25.4 Å². The third kappa shape index (κ3) is 3.46. The lowest BCUT2D eigenvalue weighted by atomic mass is 9.94. The highest BCUT2D eigenvalue weighted by atomic mass is 32.2. The lowest BCUT2D eigenvalue weighted by Crippen LogP contribution is -2.47. The van der Waals surface area contributed by atoms with Gasteiger partial charge in [0.05, 0.1) is 30.2 Å². The van der Waals surface area contributed by atoms with Crippen LogP contribution in [0.2, 0.25) is 0 Å². The van der Waals surface area contributed by atoms with Gasteiger partial charge in [-0.1, -0.05) is 0 Å². The molecule has 0 aliphatic carbocycles. The molecule has 2 atom stereocenters. The molecule has 0 saturated carbocycles. The average Bonchev–Trinajstić information content (AvgIpc) is 2.81. The Morgan fingerprint density at radius 2 is 2.07 bits per heavy atom. The topological polar surface area (TPSA) is 95.7 Å². The van der Waals surface area contributed by atoms with E-state index in [2.05, 4.69) is 4.98 Å². The van der Waals surface area contributed by atoms with Crippen LogP contribution in [0.3, 0.4) is 0 Å². The number of benzene rings is 1. The van der Waals surface area contributed by atoms with Crippen LogP contribution < -0.4 is 0 Å². The van der Waals surface area contributed by atoms with Gasteiger partial charge in [0.15, 0.2) is 0 Å². The quantitative estimate of drug-likeness (QED) is 0.819. The molecule has 1 aromatic carbocycles. The monoisotopic (exact) mass is 392 g/mol. The van der Waals surface area contributed by atoms with E-state index in [9.17, 15) is 13.2 Å². The normalized spacial score (nSPS) is 23.7. The van der Waals surface area contributed by atoms with Gasteiger partial charge in [-0.05, 0) is 37.0 Å². The maximum absolute atomic E-state index is 13.2. The highest BCUT2D eigenvalue weighted by molar-refractivity contribution is 7.88. The van der Waals surface area contributed by atoms with Crippen molar-refractivity contribution in [2.75, 3.05) is 32.5 Å². The standard InChI is InChI=1S/C18H24N4O4S/c1-27(25,26)21-9-13-2-4-15(11-21)22(10-13)18(24)14-3-5-17-16(8-14)19-12-20(17)6-7-23/h3,5,8,12-13,15,23H,2,4,6-7,9-11H2,1H3/t13-,15+/m1/s1. The highest BCUT2D eigenvalue weighted by Gasteiger charge is 2.39. The summed E-state index contributed by atoms with van der Waals surface area (Å²) in [4.78, 5) is 19.3. The molecule has 2 aromatic rings. The molecule has 8 nitrogen and oxygen atoms in total. The van der Waals surface area contributed by atoms with Crippen LogP contribution in [0.25, 0.3) is 11.0 Å². The molecule has 0 unspecified atom stereocenters. The van der Waals surface area contributed by atoms with Gasteiger partial charge in [0, 0.05) is 37.8 Å². The molecule has 5 rings (SSSR count). The zero-order valence-corrected chi connectivity index (χ0v) is 16.1. The smallest absolute Gasteiger partial charge is 0.254 e. The van der Waals surface area contributed by atoms with Crippen LogP contribution in [-0.4, -0.2) is 76.7 Å². The van der Waals surface area contributed by atoms with Crippen LogP contribution in [0.4, 0.5) is 0 Å². The molecule has 27 heavy (non-hydrogen) atoms. The Hall–Kier alpha value is -1.97. The van der Waals surface area contributed by atoms with E-state index >= 15 is 0 Å². The highest BCUT2D eigenvalue weighted by Crippen LogP contribution is 2.30. The number of carbonyl (C=O) groups excluding carboxylic acids is 1. The van der Waals surface area contributed by atoms with Crippen molar-refractivity contribution in [3.63, 3.8) is 0 Å². The molecule has 9 heteroatoms. The molecule has 1 N–H and O–H groups in total. The summed E-state index contributed by atoms with van der Waals surface area (Å²) in [6.07, 6.45) is 4.68. The molecule has 3 fully saturated rings. The van der Waals surface area contributed by atoms with Gasteiger partial charge in [0.25, 0.3) is 5.91 Å². The predicted octanol–water partition coefficient (Wildman–Crippen LogP) is 0.525. The summed E-state index contributed by atoms with van der Waals surface area (Å²) in [5.74, 6) is 0.105. The molecule has 1 amide bonds. The van der Waals surface area contributed by atoms with Crippen molar-refractivity contribution < 1.29 is 18.3 Å². The van der Waals surface area contributed by atoms with Gasteiger partial charge >= 0.3 is 0 Å². The Kier molecular flexibility index (Phi) is 4.69. The molecule has 4 heterocycles. The van der Waals surface area contributed by atoms with Crippen LogP contribution in [-0.2, 0) is 16.6 Å². The van der Waals surface area contributed by atoms with Crippen molar-refractivity contribution in [1.82, 2.24) is 18.8 Å². The number of hydrogen-bond donors (Lipinski definition) is 1. The molecular weight excluding hydrogens is 368 g/mol. The minimum Gasteiger partial charge on any atom is -0.395 e. The first-order valence-electron chi connectivity index (χ1n) is 9.18. The van der Waals surface area contributed by atoms with Crippen LogP contribution in [0.1, 0.15) is 23.2 Å². The SMILES string of the molecule is CS(=O)(=O)N1C[C@H]2CC[C@@H](C1)N(C(=O)c1ccc3c(c1)ncn3CCO)C2. The van der Waals surface area contributed by atoms with E-state index in [-0.39, 0.29) is 24.5 Å². The van der Waals surface area contributed by atoms with E-state index in [1.807, 2.05) is 15.5 Å². The van der Waals surface area contributed by atoms with Gasteiger partial charge < -0.3 is 14.6 Å². The Morgan fingerprint density at radius 3 is 2.81 bits per heavy atom. The van der Waals surface area contributed by atoms with Gasteiger partial charge in [-0.3, -0.25) is 4.79 Å². The Morgan fingerprint density at radius 1 is 1.26 bits per heavy atom. The third-order valence-electron chi connectivity index (χ3n) is 5.62. The third-order valence-corrected chi connectivity index (χ3v) is 6.85. The summed E-state index contributed by atoms with van der Waals surface area (Å²) < 4.78 is 27.4. The molecule has 1 aromatic heterocycles. The van der Waals surface area contributed by atoms with Crippen LogP contribution in [0.5, 0.6) is 0 Å². The number of hydrogen-bond acceptors (Lipinski definition) is 5. The average molecular weight is 392 g/mol. The van der Waals surface area contributed by atoms with E-state index in [0.717, 1.165) is 18.4 Å². The second kappa shape index (κ2) is 6.88. The number of imidazole rings is 1. The zero-order valence-electron chi connectivity index (χ0n) is 15.3. The van der Waals surface area contributed by atoms with Crippen molar-refractivity contribution in [3.05, 3.63) is 30.1 Å². The number of sulfonamides is 1. The summed E-state index contributed by atoms with van der Waals surface area (Å²) in [5, 5.41) is 9.12. The molecular formula is C18H24N4O4S. The van der Waals surface area contributed by atoms with Crippen molar-refractivity contribution in [1.29, 1.82) is 0 Å².